The van der Waals surface area contributed by atoms with E-state index in [2.05, 4.69) is 10.5 Å². The van der Waals surface area contributed by atoms with Gasteiger partial charge in [-0.2, -0.15) is 9.41 Å². The number of nitrogens with one attached hydrogen (secondary N) is 1. The zero-order valence-corrected chi connectivity index (χ0v) is 18.1. The lowest BCUT2D eigenvalue weighted by Crippen LogP contribution is -2.36. The Morgan fingerprint density at radius 1 is 1.10 bits per heavy atom. The Kier molecular flexibility index (Phi) is 8.19. The summed E-state index contributed by atoms with van der Waals surface area (Å²) in [6, 6.07) is 11.4. The molecule has 0 aliphatic heterocycles. The van der Waals surface area contributed by atoms with E-state index in [0.29, 0.717) is 12.4 Å². The van der Waals surface area contributed by atoms with E-state index < -0.39 is 22.5 Å². The second kappa shape index (κ2) is 10.6. The SMILES string of the molecule is CCOc1ccc(/C=N\NC(=O)CN(C)S(=O)(=O)c2ccc(OC)c(OC)c2)cc1. The molecule has 2 aromatic carbocycles. The number of ether oxygens (including phenoxy) is 3. The first kappa shape index (κ1) is 23.2. The molecule has 162 valence electrons. The van der Waals surface area contributed by atoms with Crippen LogP contribution in [-0.4, -0.2) is 59.3 Å². The molecular weight excluding hydrogens is 410 g/mol. The summed E-state index contributed by atoms with van der Waals surface area (Å²) in [6.07, 6.45) is 1.45. The van der Waals surface area contributed by atoms with Gasteiger partial charge in [0, 0.05) is 13.1 Å². The maximum absolute atomic E-state index is 12.7. The summed E-state index contributed by atoms with van der Waals surface area (Å²) < 4.78 is 42.0. The lowest BCUT2D eigenvalue weighted by atomic mass is 10.2. The minimum absolute atomic E-state index is 0.0201. The van der Waals surface area contributed by atoms with E-state index in [4.69, 9.17) is 14.2 Å². The summed E-state index contributed by atoms with van der Waals surface area (Å²) in [5.41, 5.74) is 3.07. The van der Waals surface area contributed by atoms with Crippen molar-refractivity contribution >= 4 is 22.1 Å². The molecule has 1 amide bonds. The number of benzene rings is 2. The van der Waals surface area contributed by atoms with Gasteiger partial charge in [0.05, 0.1) is 38.5 Å². The molecule has 0 radical (unpaired) electrons. The molecule has 2 aromatic rings. The van der Waals surface area contributed by atoms with Crippen molar-refractivity contribution in [1.82, 2.24) is 9.73 Å². The maximum Gasteiger partial charge on any atom is 0.255 e. The fraction of sp³-hybridized carbons (Fsp3) is 0.300. The monoisotopic (exact) mass is 435 g/mol. The average Bonchev–Trinajstić information content (AvgIpc) is 2.74. The second-order valence-corrected chi connectivity index (χ2v) is 8.12. The van der Waals surface area contributed by atoms with Crippen LogP contribution in [0, 0.1) is 0 Å². The van der Waals surface area contributed by atoms with Crippen LogP contribution in [0.1, 0.15) is 12.5 Å². The van der Waals surface area contributed by atoms with E-state index in [1.165, 1.54) is 45.7 Å². The van der Waals surface area contributed by atoms with Crippen LogP contribution in [0.3, 0.4) is 0 Å². The lowest BCUT2D eigenvalue weighted by molar-refractivity contribution is -0.121. The summed E-state index contributed by atoms with van der Waals surface area (Å²) in [4.78, 5) is 12.1. The third-order valence-corrected chi connectivity index (χ3v) is 5.82. The number of hydrazone groups is 1. The van der Waals surface area contributed by atoms with Gasteiger partial charge in [0.25, 0.3) is 5.91 Å². The molecular formula is C20H25N3O6S. The summed E-state index contributed by atoms with van der Waals surface area (Å²) in [5.74, 6) is 0.835. The Labute approximate surface area is 176 Å². The number of likely N-dealkylation sites (N-methyl/N-ethyl adjacent to an activating group) is 1. The van der Waals surface area contributed by atoms with Crippen molar-refractivity contribution in [3.63, 3.8) is 0 Å². The van der Waals surface area contributed by atoms with Gasteiger partial charge in [-0.3, -0.25) is 4.79 Å². The lowest BCUT2D eigenvalue weighted by Gasteiger charge is -2.17. The zero-order chi connectivity index (χ0) is 22.1. The van der Waals surface area contributed by atoms with Gasteiger partial charge < -0.3 is 14.2 Å². The summed E-state index contributed by atoms with van der Waals surface area (Å²) >= 11 is 0. The van der Waals surface area contributed by atoms with Crippen LogP contribution < -0.4 is 19.6 Å². The molecule has 1 N–H and O–H groups in total. The van der Waals surface area contributed by atoms with Gasteiger partial charge >= 0.3 is 0 Å². The fourth-order valence-electron chi connectivity index (χ4n) is 2.48. The third kappa shape index (κ3) is 5.94. The van der Waals surface area contributed by atoms with Crippen molar-refractivity contribution in [1.29, 1.82) is 0 Å². The molecule has 10 heteroatoms. The van der Waals surface area contributed by atoms with Crippen molar-refractivity contribution < 1.29 is 27.4 Å². The average molecular weight is 436 g/mol. The van der Waals surface area contributed by atoms with E-state index in [1.807, 2.05) is 6.92 Å². The number of carbonyl (C=O) groups is 1. The molecule has 0 bridgehead atoms. The highest BCUT2D eigenvalue weighted by atomic mass is 32.2. The number of methoxy groups -OCH3 is 2. The van der Waals surface area contributed by atoms with E-state index in [0.717, 1.165) is 15.6 Å². The molecule has 0 aliphatic rings. The van der Waals surface area contributed by atoms with Gasteiger partial charge in [-0.25, -0.2) is 13.8 Å². The Morgan fingerprint density at radius 3 is 2.37 bits per heavy atom. The van der Waals surface area contributed by atoms with E-state index in [9.17, 15) is 13.2 Å². The van der Waals surface area contributed by atoms with Crippen LogP contribution in [0.15, 0.2) is 52.5 Å². The Balaban J connectivity index is 1.98. The van der Waals surface area contributed by atoms with Crippen molar-refractivity contribution in [2.75, 3.05) is 34.4 Å². The maximum atomic E-state index is 12.7. The van der Waals surface area contributed by atoms with Gasteiger partial charge in [-0.15, -0.1) is 0 Å². The number of nitrogens with zero attached hydrogens (tertiary/aromatic N) is 2. The van der Waals surface area contributed by atoms with Gasteiger partial charge in [-0.05, 0) is 48.9 Å². The molecule has 0 heterocycles. The molecule has 0 aromatic heterocycles. The van der Waals surface area contributed by atoms with Crippen LogP contribution in [0.4, 0.5) is 0 Å². The van der Waals surface area contributed by atoms with E-state index >= 15 is 0 Å². The highest BCUT2D eigenvalue weighted by Gasteiger charge is 2.24. The van der Waals surface area contributed by atoms with Crippen LogP contribution in [-0.2, 0) is 14.8 Å². The Bertz CT molecular complexity index is 990. The van der Waals surface area contributed by atoms with Crippen molar-refractivity contribution in [2.24, 2.45) is 5.10 Å². The number of rotatable bonds is 10. The largest absolute Gasteiger partial charge is 0.494 e. The first-order valence-corrected chi connectivity index (χ1v) is 10.5. The molecule has 9 nitrogen and oxygen atoms in total. The van der Waals surface area contributed by atoms with Gasteiger partial charge in [0.2, 0.25) is 10.0 Å². The Hall–Kier alpha value is -3.11. The highest BCUT2D eigenvalue weighted by Crippen LogP contribution is 2.30. The highest BCUT2D eigenvalue weighted by molar-refractivity contribution is 7.89. The number of sulfonamides is 1. The minimum atomic E-state index is -3.91. The predicted molar refractivity (Wildman–Crippen MR) is 113 cm³/mol. The molecule has 0 atom stereocenters. The molecule has 0 aliphatic carbocycles. The number of carbonyl (C=O) groups excluding carboxylic acids is 1. The van der Waals surface area contributed by atoms with Crippen LogP contribution in [0.2, 0.25) is 0 Å². The van der Waals surface area contributed by atoms with Crippen LogP contribution in [0.25, 0.3) is 0 Å². The minimum Gasteiger partial charge on any atom is -0.494 e. The van der Waals surface area contributed by atoms with Gasteiger partial charge in [0.1, 0.15) is 5.75 Å². The van der Waals surface area contributed by atoms with E-state index in [1.54, 1.807) is 24.3 Å². The standard InChI is InChI=1S/C20H25N3O6S/c1-5-29-16-8-6-15(7-9-16)13-21-22-20(24)14-23(2)30(25,26)17-10-11-18(27-3)19(12-17)28-4/h6-13H,5,14H2,1-4H3,(H,22,24)/b21-13-. The normalized spacial score (nSPS) is 11.5. The smallest absolute Gasteiger partial charge is 0.255 e. The van der Waals surface area contributed by atoms with Crippen molar-refractivity contribution in [3.8, 4) is 17.2 Å². The zero-order valence-electron chi connectivity index (χ0n) is 17.3. The van der Waals surface area contributed by atoms with Gasteiger partial charge in [-0.1, -0.05) is 0 Å². The molecule has 0 saturated heterocycles. The third-order valence-electron chi connectivity index (χ3n) is 4.02. The molecule has 30 heavy (non-hydrogen) atoms. The second-order valence-electron chi connectivity index (χ2n) is 6.07. The summed E-state index contributed by atoms with van der Waals surface area (Å²) in [5, 5.41) is 3.85. The Morgan fingerprint density at radius 2 is 1.77 bits per heavy atom. The van der Waals surface area contributed by atoms with Gasteiger partial charge in [0.15, 0.2) is 11.5 Å². The molecule has 0 unspecified atom stereocenters. The first-order valence-electron chi connectivity index (χ1n) is 9.05. The molecule has 2 rings (SSSR count). The fourth-order valence-corrected chi connectivity index (χ4v) is 3.62. The van der Waals surface area contributed by atoms with Crippen molar-refractivity contribution in [2.45, 2.75) is 11.8 Å². The van der Waals surface area contributed by atoms with Crippen molar-refractivity contribution in [3.05, 3.63) is 48.0 Å². The summed E-state index contributed by atoms with van der Waals surface area (Å²) in [6.45, 7) is 2.06. The van der Waals surface area contributed by atoms with Crippen LogP contribution in [0.5, 0.6) is 17.2 Å². The predicted octanol–water partition coefficient (Wildman–Crippen LogP) is 1.87. The molecule has 0 spiro atoms. The molecule has 0 saturated carbocycles. The van der Waals surface area contributed by atoms with Crippen LogP contribution >= 0.6 is 0 Å². The number of amides is 1. The topological polar surface area (TPSA) is 107 Å². The number of hydrogen-bond acceptors (Lipinski definition) is 7. The van der Waals surface area contributed by atoms with E-state index in [-0.39, 0.29) is 10.6 Å². The quantitative estimate of drug-likeness (QED) is 0.451. The molecule has 0 fully saturated rings. The first-order chi connectivity index (χ1) is 14.3. The summed E-state index contributed by atoms with van der Waals surface area (Å²) in [7, 11) is 0.265. The number of hydrogen-bond donors (Lipinski definition) is 1.